The van der Waals surface area contributed by atoms with Gasteiger partial charge in [-0.3, -0.25) is 4.79 Å². The highest BCUT2D eigenvalue weighted by molar-refractivity contribution is 5.80. The van der Waals surface area contributed by atoms with Crippen LogP contribution >= 0.6 is 0 Å². The molecule has 0 aromatic rings. The van der Waals surface area contributed by atoms with Gasteiger partial charge in [0.2, 0.25) is 5.91 Å². The van der Waals surface area contributed by atoms with E-state index in [1.54, 1.807) is 0 Å². The van der Waals surface area contributed by atoms with Crippen LogP contribution in [0.5, 0.6) is 0 Å². The molecule has 3 nitrogen and oxygen atoms in total. The first-order chi connectivity index (χ1) is 6.66. The van der Waals surface area contributed by atoms with E-state index in [4.69, 9.17) is 0 Å². The Morgan fingerprint density at radius 1 is 1.50 bits per heavy atom. The first-order valence-corrected chi connectivity index (χ1v) is 4.98. The second-order valence-corrected chi connectivity index (χ2v) is 4.03. The average molecular weight is 204 g/mol. The number of carbonyl (C=O) groups is 1. The third-order valence-electron chi connectivity index (χ3n) is 3.07. The van der Waals surface area contributed by atoms with Crippen molar-refractivity contribution in [3.63, 3.8) is 0 Å². The lowest BCUT2D eigenvalue weighted by Crippen LogP contribution is -2.39. The van der Waals surface area contributed by atoms with Crippen molar-refractivity contribution in [2.24, 2.45) is 5.92 Å². The van der Waals surface area contributed by atoms with Crippen LogP contribution in [0.25, 0.3) is 0 Å². The maximum Gasteiger partial charge on any atom is 0.255 e. The topological polar surface area (TPSA) is 41.1 Å². The van der Waals surface area contributed by atoms with Gasteiger partial charge in [0.05, 0.1) is 12.5 Å². The molecule has 14 heavy (non-hydrogen) atoms. The maximum absolute atomic E-state index is 11.8. The molecule has 0 aromatic carbocycles. The summed E-state index contributed by atoms with van der Waals surface area (Å²) in [6.45, 7) is -0.521. The van der Waals surface area contributed by atoms with E-state index >= 15 is 0 Å². The standard InChI is InChI=1S/C9H14F2N2O/c10-8(11)4-12-9(14)6-3-5-1-2-7(6)13-5/h5-8,13H,1-4H2,(H,12,14). The van der Waals surface area contributed by atoms with Crippen molar-refractivity contribution in [1.82, 2.24) is 10.6 Å². The highest BCUT2D eigenvalue weighted by Gasteiger charge is 2.42. The van der Waals surface area contributed by atoms with E-state index in [0.717, 1.165) is 19.3 Å². The van der Waals surface area contributed by atoms with Crippen LogP contribution in [-0.2, 0) is 4.79 Å². The van der Waals surface area contributed by atoms with Crippen molar-refractivity contribution in [2.75, 3.05) is 6.54 Å². The molecule has 2 aliphatic heterocycles. The van der Waals surface area contributed by atoms with Gasteiger partial charge in [0.1, 0.15) is 0 Å². The van der Waals surface area contributed by atoms with Crippen LogP contribution in [0.1, 0.15) is 19.3 Å². The van der Waals surface area contributed by atoms with Gasteiger partial charge in [-0.2, -0.15) is 0 Å². The molecule has 2 bridgehead atoms. The zero-order valence-corrected chi connectivity index (χ0v) is 7.80. The lowest BCUT2D eigenvalue weighted by Gasteiger charge is -2.19. The minimum Gasteiger partial charge on any atom is -0.350 e. The maximum atomic E-state index is 11.8. The molecule has 2 rings (SSSR count). The molecule has 0 aromatic heterocycles. The monoisotopic (exact) mass is 204 g/mol. The lowest BCUT2D eigenvalue weighted by atomic mass is 9.88. The summed E-state index contributed by atoms with van der Waals surface area (Å²) in [5.74, 6) is -0.308. The van der Waals surface area contributed by atoms with Crippen LogP contribution < -0.4 is 10.6 Å². The van der Waals surface area contributed by atoms with E-state index in [1.807, 2.05) is 0 Å². The minimum atomic E-state index is -2.45. The summed E-state index contributed by atoms with van der Waals surface area (Å²) >= 11 is 0. The largest absolute Gasteiger partial charge is 0.350 e. The third kappa shape index (κ3) is 1.87. The van der Waals surface area contributed by atoms with E-state index < -0.39 is 13.0 Å². The summed E-state index contributed by atoms with van der Waals surface area (Å²) in [4.78, 5) is 11.5. The molecule has 2 fully saturated rings. The molecular weight excluding hydrogens is 190 g/mol. The molecule has 0 radical (unpaired) electrons. The van der Waals surface area contributed by atoms with Gasteiger partial charge in [-0.15, -0.1) is 0 Å². The summed E-state index contributed by atoms with van der Waals surface area (Å²) < 4.78 is 23.7. The van der Waals surface area contributed by atoms with Crippen LogP contribution in [-0.4, -0.2) is 31.0 Å². The first kappa shape index (κ1) is 9.83. The number of fused-ring (bicyclic) bond motifs is 2. The molecule has 2 aliphatic rings. The Bertz CT molecular complexity index is 235. The Morgan fingerprint density at radius 3 is 2.79 bits per heavy atom. The zero-order chi connectivity index (χ0) is 10.1. The summed E-state index contributed by atoms with van der Waals surface area (Å²) in [7, 11) is 0. The molecule has 2 saturated heterocycles. The molecule has 5 heteroatoms. The van der Waals surface area contributed by atoms with Crippen LogP contribution in [0.4, 0.5) is 8.78 Å². The number of carbonyl (C=O) groups excluding carboxylic acids is 1. The second-order valence-electron chi connectivity index (χ2n) is 4.03. The number of hydrogen-bond donors (Lipinski definition) is 2. The molecule has 0 spiro atoms. The molecule has 0 aliphatic carbocycles. The molecule has 3 atom stereocenters. The number of halogens is 2. The number of rotatable bonds is 3. The summed E-state index contributed by atoms with van der Waals surface area (Å²) in [5, 5.41) is 5.58. The molecule has 2 heterocycles. The van der Waals surface area contributed by atoms with E-state index in [1.165, 1.54) is 0 Å². The van der Waals surface area contributed by atoms with Crippen LogP contribution in [0.2, 0.25) is 0 Å². The molecule has 0 saturated carbocycles. The first-order valence-electron chi connectivity index (χ1n) is 4.98. The van der Waals surface area contributed by atoms with E-state index in [2.05, 4.69) is 10.6 Å². The molecule has 1 amide bonds. The summed E-state index contributed by atoms with van der Waals surface area (Å²) in [6, 6.07) is 0.653. The lowest BCUT2D eigenvalue weighted by molar-refractivity contribution is -0.126. The van der Waals surface area contributed by atoms with Crippen molar-refractivity contribution in [2.45, 2.75) is 37.8 Å². The van der Waals surface area contributed by atoms with Crippen LogP contribution in [0.3, 0.4) is 0 Å². The normalized spacial score (nSPS) is 35.2. The van der Waals surface area contributed by atoms with Crippen molar-refractivity contribution in [3.8, 4) is 0 Å². The van der Waals surface area contributed by atoms with Gasteiger partial charge in [0.25, 0.3) is 6.43 Å². The highest BCUT2D eigenvalue weighted by atomic mass is 19.3. The van der Waals surface area contributed by atoms with E-state index in [9.17, 15) is 13.6 Å². The Kier molecular flexibility index (Phi) is 2.67. The fourth-order valence-electron chi connectivity index (χ4n) is 2.42. The smallest absolute Gasteiger partial charge is 0.255 e. The Morgan fingerprint density at radius 2 is 2.29 bits per heavy atom. The van der Waals surface area contributed by atoms with Gasteiger partial charge in [-0.25, -0.2) is 8.78 Å². The van der Waals surface area contributed by atoms with Gasteiger partial charge < -0.3 is 10.6 Å². The molecular formula is C9H14F2N2O. The zero-order valence-electron chi connectivity index (χ0n) is 7.80. The fraction of sp³-hybridized carbons (Fsp3) is 0.889. The van der Waals surface area contributed by atoms with E-state index in [0.29, 0.717) is 6.04 Å². The Labute approximate surface area is 81.2 Å². The third-order valence-corrected chi connectivity index (χ3v) is 3.07. The van der Waals surface area contributed by atoms with Crippen molar-refractivity contribution in [1.29, 1.82) is 0 Å². The molecule has 2 N–H and O–H groups in total. The number of alkyl halides is 2. The minimum absolute atomic E-state index is 0.0903. The van der Waals surface area contributed by atoms with E-state index in [-0.39, 0.29) is 17.9 Å². The SMILES string of the molecule is O=C(NCC(F)F)C1CC2CCC1N2. The van der Waals surface area contributed by atoms with Crippen molar-refractivity contribution in [3.05, 3.63) is 0 Å². The number of nitrogens with one attached hydrogen (secondary N) is 2. The van der Waals surface area contributed by atoms with Gasteiger partial charge in [-0.1, -0.05) is 0 Å². The average Bonchev–Trinajstić information content (AvgIpc) is 2.74. The fourth-order valence-corrected chi connectivity index (χ4v) is 2.42. The Balaban J connectivity index is 1.81. The van der Waals surface area contributed by atoms with Gasteiger partial charge in [0.15, 0.2) is 0 Å². The van der Waals surface area contributed by atoms with Crippen molar-refractivity contribution < 1.29 is 13.6 Å². The number of amides is 1. The molecule has 80 valence electrons. The predicted octanol–water partition coefficient (Wildman–Crippen LogP) is 0.508. The van der Waals surface area contributed by atoms with Gasteiger partial charge in [0, 0.05) is 12.1 Å². The second kappa shape index (κ2) is 3.81. The molecule has 3 unspecified atom stereocenters. The van der Waals surface area contributed by atoms with Crippen molar-refractivity contribution >= 4 is 5.91 Å². The Hall–Kier alpha value is -0.710. The highest BCUT2D eigenvalue weighted by Crippen LogP contribution is 2.33. The van der Waals surface area contributed by atoms with Crippen LogP contribution in [0.15, 0.2) is 0 Å². The van der Waals surface area contributed by atoms with Crippen LogP contribution in [0, 0.1) is 5.92 Å². The van der Waals surface area contributed by atoms with Gasteiger partial charge in [-0.05, 0) is 19.3 Å². The summed E-state index contributed by atoms with van der Waals surface area (Å²) in [5.41, 5.74) is 0. The summed E-state index contributed by atoms with van der Waals surface area (Å²) in [6.07, 6.45) is 0.464. The number of hydrogen-bond acceptors (Lipinski definition) is 2. The quantitative estimate of drug-likeness (QED) is 0.703. The predicted molar refractivity (Wildman–Crippen MR) is 47.1 cm³/mol. The van der Waals surface area contributed by atoms with Gasteiger partial charge >= 0.3 is 0 Å².